The van der Waals surface area contributed by atoms with Gasteiger partial charge < -0.3 is 15.0 Å². The first-order valence-electron chi connectivity index (χ1n) is 9.40. The minimum absolute atomic E-state index is 0.251. The number of ether oxygens (including phenoxy) is 1. The van der Waals surface area contributed by atoms with Gasteiger partial charge in [0.25, 0.3) is 0 Å². The van der Waals surface area contributed by atoms with Crippen molar-refractivity contribution in [2.75, 3.05) is 36.9 Å². The predicted molar refractivity (Wildman–Crippen MR) is 102 cm³/mol. The molecule has 0 aliphatic carbocycles. The van der Waals surface area contributed by atoms with E-state index in [0.29, 0.717) is 12.6 Å². The Morgan fingerprint density at radius 3 is 2.76 bits per heavy atom. The van der Waals surface area contributed by atoms with E-state index < -0.39 is 5.60 Å². The molecule has 0 saturated carbocycles. The van der Waals surface area contributed by atoms with Crippen LogP contribution < -0.4 is 10.2 Å². The molecule has 1 aromatic carbocycles. The van der Waals surface area contributed by atoms with Gasteiger partial charge in [0.1, 0.15) is 5.60 Å². The number of benzene rings is 1. The van der Waals surface area contributed by atoms with E-state index in [2.05, 4.69) is 35.5 Å². The van der Waals surface area contributed by atoms with E-state index in [0.717, 1.165) is 18.7 Å². The second-order valence-corrected chi connectivity index (χ2v) is 8.30. The molecule has 1 amide bonds. The highest BCUT2D eigenvalue weighted by molar-refractivity contribution is 5.91. The summed E-state index contributed by atoms with van der Waals surface area (Å²) in [6, 6.07) is 6.88. The number of hydrogen-bond acceptors (Lipinski definition) is 4. The van der Waals surface area contributed by atoms with Gasteiger partial charge in [0, 0.05) is 18.3 Å². The van der Waals surface area contributed by atoms with Crippen LogP contribution in [0.25, 0.3) is 0 Å². The van der Waals surface area contributed by atoms with Gasteiger partial charge >= 0.3 is 6.09 Å². The minimum Gasteiger partial charge on any atom is -0.443 e. The van der Waals surface area contributed by atoms with Crippen molar-refractivity contribution in [2.24, 2.45) is 0 Å². The number of nitrogens with one attached hydrogen (secondary N) is 1. The fraction of sp³-hybridized carbons (Fsp3) is 0.650. The zero-order valence-electron chi connectivity index (χ0n) is 16.0. The number of hydrogen-bond donors (Lipinski definition) is 1. The van der Waals surface area contributed by atoms with E-state index in [9.17, 15) is 4.79 Å². The molecule has 0 spiro atoms. The van der Waals surface area contributed by atoms with Gasteiger partial charge in [-0.1, -0.05) is 0 Å². The Bertz CT molecular complexity index is 624. The summed E-state index contributed by atoms with van der Waals surface area (Å²) in [6.45, 7) is 8.74. The number of anilines is 2. The Morgan fingerprint density at radius 2 is 2.00 bits per heavy atom. The summed E-state index contributed by atoms with van der Waals surface area (Å²) in [4.78, 5) is 16.5. The summed E-state index contributed by atoms with van der Waals surface area (Å²) < 4.78 is 5.52. The van der Waals surface area contributed by atoms with Crippen molar-refractivity contribution in [3.05, 3.63) is 23.8 Å². The van der Waals surface area contributed by atoms with Crippen LogP contribution >= 0.6 is 0 Å². The van der Waals surface area contributed by atoms with Crippen LogP contribution in [-0.2, 0) is 11.2 Å². The molecular formula is C20H31N3O2. The van der Waals surface area contributed by atoms with E-state index in [1.165, 1.54) is 37.1 Å². The number of rotatable bonds is 2. The molecular weight excluding hydrogens is 314 g/mol. The van der Waals surface area contributed by atoms with Gasteiger partial charge in [0.05, 0.1) is 5.69 Å². The van der Waals surface area contributed by atoms with Crippen molar-refractivity contribution in [1.82, 2.24) is 4.90 Å². The van der Waals surface area contributed by atoms with Crippen LogP contribution in [0.15, 0.2) is 18.2 Å². The number of carbonyl (C=O) groups excluding carboxylic acids is 1. The normalized spacial score (nSPS) is 21.6. The maximum Gasteiger partial charge on any atom is 0.414 e. The standard InChI is InChI=1S/C20H31N3O2/c1-20(2,3)25-19(24)23-13-9-15-14-17(7-8-18(15)23)21-16-6-5-11-22(4)12-10-16/h7-8,14,16,21H,5-6,9-13H2,1-4H3. The lowest BCUT2D eigenvalue weighted by Gasteiger charge is -2.25. The maximum atomic E-state index is 12.4. The molecule has 25 heavy (non-hydrogen) atoms. The zero-order chi connectivity index (χ0) is 18.0. The topological polar surface area (TPSA) is 44.8 Å². The third-order valence-corrected chi connectivity index (χ3v) is 4.91. The van der Waals surface area contributed by atoms with E-state index in [1.54, 1.807) is 4.90 Å². The monoisotopic (exact) mass is 345 g/mol. The molecule has 0 bridgehead atoms. The van der Waals surface area contributed by atoms with Gasteiger partial charge in [-0.3, -0.25) is 4.90 Å². The molecule has 1 fully saturated rings. The highest BCUT2D eigenvalue weighted by Crippen LogP contribution is 2.32. The van der Waals surface area contributed by atoms with E-state index in [-0.39, 0.29) is 6.09 Å². The summed E-state index contributed by atoms with van der Waals surface area (Å²) in [5.74, 6) is 0. The van der Waals surface area contributed by atoms with Crippen LogP contribution in [0.3, 0.4) is 0 Å². The molecule has 0 aromatic heterocycles. The highest BCUT2D eigenvalue weighted by atomic mass is 16.6. The number of amides is 1. The summed E-state index contributed by atoms with van der Waals surface area (Å²) in [5.41, 5.74) is 2.91. The maximum absolute atomic E-state index is 12.4. The molecule has 0 radical (unpaired) electrons. The Labute approximate surface area is 151 Å². The van der Waals surface area contributed by atoms with Crippen LogP contribution in [0.1, 0.15) is 45.6 Å². The third kappa shape index (κ3) is 4.66. The van der Waals surface area contributed by atoms with Gasteiger partial charge in [-0.15, -0.1) is 0 Å². The van der Waals surface area contributed by atoms with Crippen LogP contribution in [0, 0.1) is 0 Å². The minimum atomic E-state index is -0.464. The van der Waals surface area contributed by atoms with E-state index >= 15 is 0 Å². The Morgan fingerprint density at radius 1 is 1.20 bits per heavy atom. The Hall–Kier alpha value is -1.75. The molecule has 2 aliphatic rings. The van der Waals surface area contributed by atoms with Crippen molar-refractivity contribution in [3.8, 4) is 0 Å². The third-order valence-electron chi connectivity index (χ3n) is 4.91. The average Bonchev–Trinajstić information content (AvgIpc) is 2.83. The highest BCUT2D eigenvalue weighted by Gasteiger charge is 2.29. The van der Waals surface area contributed by atoms with Crippen LogP contribution in [0.4, 0.5) is 16.2 Å². The number of nitrogens with zero attached hydrogens (tertiary/aromatic N) is 2. The van der Waals surface area contributed by atoms with Gasteiger partial charge in [-0.2, -0.15) is 0 Å². The van der Waals surface area contributed by atoms with Crippen molar-refractivity contribution in [2.45, 2.75) is 58.1 Å². The summed E-state index contributed by atoms with van der Waals surface area (Å²) in [6.07, 6.45) is 4.27. The molecule has 1 aromatic rings. The SMILES string of the molecule is CN1CCCC(Nc2ccc3c(c2)CCN3C(=O)OC(C)(C)C)CC1. The molecule has 2 aliphatic heterocycles. The first-order valence-corrected chi connectivity index (χ1v) is 9.40. The predicted octanol–water partition coefficient (Wildman–Crippen LogP) is 3.88. The Balaban J connectivity index is 1.66. The smallest absolute Gasteiger partial charge is 0.414 e. The average molecular weight is 345 g/mol. The largest absolute Gasteiger partial charge is 0.443 e. The molecule has 5 heteroatoms. The fourth-order valence-corrected chi connectivity index (χ4v) is 3.62. The second kappa shape index (κ2) is 7.24. The number of carbonyl (C=O) groups is 1. The second-order valence-electron chi connectivity index (χ2n) is 8.30. The lowest BCUT2D eigenvalue weighted by molar-refractivity contribution is 0.0584. The van der Waals surface area contributed by atoms with E-state index in [4.69, 9.17) is 4.74 Å². The molecule has 1 atom stereocenters. The van der Waals surface area contributed by atoms with Crippen molar-refractivity contribution >= 4 is 17.5 Å². The fourth-order valence-electron chi connectivity index (χ4n) is 3.62. The van der Waals surface area contributed by atoms with E-state index in [1.807, 2.05) is 20.8 Å². The summed E-state index contributed by atoms with van der Waals surface area (Å²) >= 11 is 0. The quantitative estimate of drug-likeness (QED) is 0.883. The summed E-state index contributed by atoms with van der Waals surface area (Å²) in [5, 5.41) is 3.69. The summed E-state index contributed by atoms with van der Waals surface area (Å²) in [7, 11) is 2.20. The molecule has 138 valence electrons. The Kier molecular flexibility index (Phi) is 5.23. The molecule has 5 nitrogen and oxygen atoms in total. The molecule has 1 unspecified atom stereocenters. The molecule has 2 heterocycles. The lowest BCUT2D eigenvalue weighted by Crippen LogP contribution is -2.35. The van der Waals surface area contributed by atoms with Crippen LogP contribution in [0.5, 0.6) is 0 Å². The van der Waals surface area contributed by atoms with Gasteiger partial charge in [0.2, 0.25) is 0 Å². The lowest BCUT2D eigenvalue weighted by atomic mass is 10.1. The van der Waals surface area contributed by atoms with Crippen molar-refractivity contribution in [3.63, 3.8) is 0 Å². The van der Waals surface area contributed by atoms with Crippen LogP contribution in [-0.4, -0.2) is 49.3 Å². The number of likely N-dealkylation sites (tertiary alicyclic amines) is 1. The van der Waals surface area contributed by atoms with Crippen molar-refractivity contribution < 1.29 is 9.53 Å². The first kappa shape index (κ1) is 18.1. The van der Waals surface area contributed by atoms with Gasteiger partial charge in [-0.25, -0.2) is 4.79 Å². The first-order chi connectivity index (χ1) is 11.8. The van der Waals surface area contributed by atoms with Crippen molar-refractivity contribution in [1.29, 1.82) is 0 Å². The van der Waals surface area contributed by atoms with Gasteiger partial charge in [0.15, 0.2) is 0 Å². The molecule has 3 rings (SSSR count). The number of fused-ring (bicyclic) bond motifs is 1. The molecule has 1 N–H and O–H groups in total. The molecule has 1 saturated heterocycles. The van der Waals surface area contributed by atoms with Crippen LogP contribution in [0.2, 0.25) is 0 Å². The van der Waals surface area contributed by atoms with Gasteiger partial charge in [-0.05, 0) is 90.4 Å². The zero-order valence-corrected chi connectivity index (χ0v) is 16.0.